The van der Waals surface area contributed by atoms with Crippen LogP contribution in [0.3, 0.4) is 0 Å². The van der Waals surface area contributed by atoms with E-state index < -0.39 is 12.5 Å². The molecule has 0 aliphatic heterocycles. The summed E-state index contributed by atoms with van der Waals surface area (Å²) in [6.07, 6.45) is 0. The zero-order chi connectivity index (χ0) is 19.8. The smallest absolute Gasteiger partial charge is 0.320 e. The Morgan fingerprint density at radius 1 is 1.18 bits per heavy atom. The first kappa shape index (κ1) is 17.8. The van der Waals surface area contributed by atoms with Gasteiger partial charge in [0.25, 0.3) is 0 Å². The average molecular weight is 382 g/mol. The van der Waals surface area contributed by atoms with Crippen LogP contribution in [0.25, 0.3) is 22.0 Å². The molecule has 0 unspecified atom stereocenters. The molecule has 2 heterocycles. The minimum absolute atomic E-state index is 0.0159. The molecule has 0 bridgehead atoms. The second-order valence-corrected chi connectivity index (χ2v) is 6.26. The molecule has 6 nitrogen and oxygen atoms in total. The summed E-state index contributed by atoms with van der Waals surface area (Å²) in [5.41, 5.74) is 4.50. The monoisotopic (exact) mass is 382 g/mol. The molecule has 0 atom stereocenters. The highest BCUT2D eigenvalue weighted by molar-refractivity contribution is 6.02. The molecular formula is C20H16F2N4O2. The van der Waals surface area contributed by atoms with Gasteiger partial charge >= 0.3 is 12.5 Å². The van der Waals surface area contributed by atoms with Crippen LogP contribution in [0.2, 0.25) is 0 Å². The van der Waals surface area contributed by atoms with Crippen LogP contribution in [0.5, 0.6) is 0 Å². The summed E-state index contributed by atoms with van der Waals surface area (Å²) in [5.74, 6) is -0.453. The number of furan rings is 1. The van der Waals surface area contributed by atoms with Crippen LogP contribution in [0.1, 0.15) is 35.4 Å². The van der Waals surface area contributed by atoms with Crippen molar-refractivity contribution < 1.29 is 18.0 Å². The lowest BCUT2D eigenvalue weighted by Crippen LogP contribution is -2.21. The van der Waals surface area contributed by atoms with E-state index in [1.165, 1.54) is 6.92 Å². The molecule has 1 N–H and O–H groups in total. The Morgan fingerprint density at radius 3 is 2.64 bits per heavy atom. The number of aromatic nitrogens is 2. The Morgan fingerprint density at radius 2 is 1.89 bits per heavy atom. The number of fused-ring (bicyclic) bond motifs is 2. The van der Waals surface area contributed by atoms with Crippen LogP contribution < -0.4 is 5.43 Å². The first-order chi connectivity index (χ1) is 13.5. The van der Waals surface area contributed by atoms with E-state index in [0.29, 0.717) is 22.2 Å². The average Bonchev–Trinajstić information content (AvgIpc) is 3.24. The predicted octanol–water partition coefficient (Wildman–Crippen LogP) is 4.64. The SMILES string of the molecule is C/C(=N\NC(=O)c1oc2ccccc2c1C)c1nc2ccccc2n1C(F)F. The largest absolute Gasteiger partial charge is 0.451 e. The molecule has 142 valence electrons. The Hall–Kier alpha value is -3.55. The van der Waals surface area contributed by atoms with Crippen molar-refractivity contribution in [3.05, 3.63) is 65.7 Å². The number of para-hydroxylation sites is 3. The molecular weight excluding hydrogens is 366 g/mol. The van der Waals surface area contributed by atoms with Gasteiger partial charge < -0.3 is 4.42 Å². The molecule has 0 saturated carbocycles. The van der Waals surface area contributed by atoms with Crippen molar-refractivity contribution in [2.45, 2.75) is 20.4 Å². The van der Waals surface area contributed by atoms with E-state index in [-0.39, 0.29) is 17.3 Å². The van der Waals surface area contributed by atoms with Crippen molar-refractivity contribution >= 4 is 33.6 Å². The van der Waals surface area contributed by atoms with Crippen LogP contribution in [-0.2, 0) is 0 Å². The highest BCUT2D eigenvalue weighted by Crippen LogP contribution is 2.25. The number of nitrogens with zero attached hydrogens (tertiary/aromatic N) is 3. The topological polar surface area (TPSA) is 72.4 Å². The van der Waals surface area contributed by atoms with Crippen LogP contribution >= 0.6 is 0 Å². The van der Waals surface area contributed by atoms with Crippen molar-refractivity contribution in [3.63, 3.8) is 0 Å². The standard InChI is InChI=1S/C20H16F2N4O2/c1-11-13-7-3-6-10-16(13)28-17(11)19(27)25-24-12(2)18-23-14-8-4-5-9-15(14)26(18)20(21)22/h3-10,20H,1-2H3,(H,25,27)/b24-12+. The molecule has 28 heavy (non-hydrogen) atoms. The molecule has 2 aromatic heterocycles. The number of benzene rings is 2. The molecule has 0 saturated heterocycles. The van der Waals surface area contributed by atoms with Crippen LogP contribution in [0, 0.1) is 6.92 Å². The number of hydrogen-bond acceptors (Lipinski definition) is 4. The molecule has 2 aromatic carbocycles. The lowest BCUT2D eigenvalue weighted by molar-refractivity contribution is 0.0740. The van der Waals surface area contributed by atoms with Crippen LogP contribution in [0.15, 0.2) is 58.0 Å². The van der Waals surface area contributed by atoms with Gasteiger partial charge in [-0.3, -0.25) is 9.36 Å². The van der Waals surface area contributed by atoms with Crippen molar-refractivity contribution in [1.29, 1.82) is 0 Å². The second-order valence-electron chi connectivity index (χ2n) is 6.26. The molecule has 0 fully saturated rings. The normalized spacial score (nSPS) is 12.2. The number of carbonyl (C=O) groups excluding carboxylic acids is 1. The number of halogens is 2. The van der Waals surface area contributed by atoms with Gasteiger partial charge in [-0.1, -0.05) is 30.3 Å². The van der Waals surface area contributed by atoms with E-state index in [4.69, 9.17) is 4.42 Å². The molecule has 0 aliphatic rings. The van der Waals surface area contributed by atoms with E-state index in [1.54, 1.807) is 37.3 Å². The molecule has 0 spiro atoms. The third kappa shape index (κ3) is 2.92. The number of alkyl halides is 2. The quantitative estimate of drug-likeness (QED) is 0.413. The first-order valence-electron chi connectivity index (χ1n) is 8.55. The lowest BCUT2D eigenvalue weighted by Gasteiger charge is -2.07. The predicted molar refractivity (Wildman–Crippen MR) is 102 cm³/mol. The van der Waals surface area contributed by atoms with Gasteiger partial charge in [0.1, 0.15) is 11.3 Å². The maximum Gasteiger partial charge on any atom is 0.320 e. The number of rotatable bonds is 4. The summed E-state index contributed by atoms with van der Waals surface area (Å²) in [7, 11) is 0. The number of imidazole rings is 1. The van der Waals surface area contributed by atoms with E-state index >= 15 is 0 Å². The number of aryl methyl sites for hydroxylation is 1. The minimum atomic E-state index is -2.79. The fraction of sp³-hybridized carbons (Fsp3) is 0.150. The molecule has 0 radical (unpaired) electrons. The number of hydrogen-bond donors (Lipinski definition) is 1. The van der Waals surface area contributed by atoms with Gasteiger partial charge in [0, 0.05) is 10.9 Å². The summed E-state index contributed by atoms with van der Waals surface area (Å²) in [4.78, 5) is 16.7. The van der Waals surface area contributed by atoms with E-state index in [1.807, 2.05) is 18.2 Å². The van der Waals surface area contributed by atoms with Gasteiger partial charge in [-0.05, 0) is 32.0 Å². The third-order valence-corrected chi connectivity index (χ3v) is 4.49. The second kappa shape index (κ2) is 6.88. The molecule has 0 aliphatic carbocycles. The van der Waals surface area contributed by atoms with Crippen LogP contribution in [0.4, 0.5) is 8.78 Å². The van der Waals surface area contributed by atoms with Crippen LogP contribution in [-0.4, -0.2) is 21.2 Å². The number of amides is 1. The fourth-order valence-corrected chi connectivity index (χ4v) is 3.12. The fourth-order valence-electron chi connectivity index (χ4n) is 3.12. The molecule has 1 amide bonds. The zero-order valence-corrected chi connectivity index (χ0v) is 15.1. The minimum Gasteiger partial charge on any atom is -0.451 e. The first-order valence-corrected chi connectivity index (χ1v) is 8.55. The summed E-state index contributed by atoms with van der Waals surface area (Å²) in [6, 6.07) is 13.8. The highest BCUT2D eigenvalue weighted by Gasteiger charge is 2.21. The van der Waals surface area contributed by atoms with Crippen molar-refractivity contribution in [1.82, 2.24) is 15.0 Å². The maximum atomic E-state index is 13.6. The summed E-state index contributed by atoms with van der Waals surface area (Å²) >= 11 is 0. The van der Waals surface area contributed by atoms with Gasteiger partial charge in [-0.25, -0.2) is 10.4 Å². The van der Waals surface area contributed by atoms with Crippen molar-refractivity contribution in [3.8, 4) is 0 Å². The van der Waals surface area contributed by atoms with E-state index in [2.05, 4.69) is 15.5 Å². The lowest BCUT2D eigenvalue weighted by atomic mass is 10.1. The third-order valence-electron chi connectivity index (χ3n) is 4.49. The van der Waals surface area contributed by atoms with Gasteiger partial charge in [0.05, 0.1) is 11.0 Å². The Bertz CT molecular complexity index is 1220. The maximum absolute atomic E-state index is 13.6. The molecule has 8 heteroatoms. The van der Waals surface area contributed by atoms with Crippen molar-refractivity contribution in [2.24, 2.45) is 5.10 Å². The zero-order valence-electron chi connectivity index (χ0n) is 15.1. The molecule has 4 aromatic rings. The van der Waals surface area contributed by atoms with Gasteiger partial charge in [-0.2, -0.15) is 13.9 Å². The van der Waals surface area contributed by atoms with E-state index in [9.17, 15) is 13.6 Å². The Labute approximate surface area is 158 Å². The highest BCUT2D eigenvalue weighted by atomic mass is 19.3. The van der Waals surface area contributed by atoms with Gasteiger partial charge in [-0.15, -0.1) is 0 Å². The molecule has 4 rings (SSSR count). The Kier molecular flexibility index (Phi) is 4.38. The Balaban J connectivity index is 1.66. The summed E-state index contributed by atoms with van der Waals surface area (Å²) in [6.45, 7) is 0.486. The number of nitrogens with one attached hydrogen (secondary N) is 1. The number of hydrazone groups is 1. The number of carbonyl (C=O) groups is 1. The van der Waals surface area contributed by atoms with E-state index in [0.717, 1.165) is 9.95 Å². The summed E-state index contributed by atoms with van der Waals surface area (Å²) < 4.78 is 33.5. The van der Waals surface area contributed by atoms with Gasteiger partial charge in [0.2, 0.25) is 0 Å². The summed E-state index contributed by atoms with van der Waals surface area (Å²) in [5, 5.41) is 4.79. The van der Waals surface area contributed by atoms with Gasteiger partial charge in [0.15, 0.2) is 11.6 Å². The van der Waals surface area contributed by atoms with Crippen molar-refractivity contribution in [2.75, 3.05) is 0 Å².